The molecule has 0 amide bonds. The van der Waals surface area contributed by atoms with Crippen LogP contribution in [0.5, 0.6) is 0 Å². The number of aryl methyl sites for hydroxylation is 1. The van der Waals surface area contributed by atoms with Gasteiger partial charge in [-0.05, 0) is 37.0 Å². The number of carbonyl (C=O) groups is 1. The Morgan fingerprint density at radius 3 is 2.50 bits per heavy atom. The molecular formula is C17H25O3. The third kappa shape index (κ3) is 6.71. The van der Waals surface area contributed by atoms with Crippen LogP contribution < -0.4 is 0 Å². The monoisotopic (exact) mass is 277 g/mol. The number of rotatable bonds is 10. The summed E-state index contributed by atoms with van der Waals surface area (Å²) in [6.07, 6.45) is 7.61. The number of hydrogen-bond donors (Lipinski definition) is 0. The molecule has 0 aliphatic rings. The van der Waals surface area contributed by atoms with Crippen LogP contribution >= 0.6 is 0 Å². The van der Waals surface area contributed by atoms with E-state index < -0.39 is 5.97 Å². The van der Waals surface area contributed by atoms with E-state index in [9.17, 15) is 4.79 Å². The molecule has 0 unspecified atom stereocenters. The van der Waals surface area contributed by atoms with Crippen LogP contribution in [-0.2, 0) is 16.2 Å². The normalized spacial score (nSPS) is 10.5. The lowest BCUT2D eigenvalue weighted by Crippen LogP contribution is -2.07. The molecule has 20 heavy (non-hydrogen) atoms. The van der Waals surface area contributed by atoms with Crippen molar-refractivity contribution in [2.75, 3.05) is 6.61 Å². The van der Waals surface area contributed by atoms with E-state index in [2.05, 4.69) is 13.8 Å². The molecule has 0 fully saturated rings. The number of hydrogen-bond acceptors (Lipinski definition) is 3. The Morgan fingerprint density at radius 1 is 1.10 bits per heavy atom. The van der Waals surface area contributed by atoms with E-state index in [0.29, 0.717) is 12.2 Å². The molecule has 0 N–H and O–H groups in total. The zero-order valence-corrected chi connectivity index (χ0v) is 12.4. The van der Waals surface area contributed by atoms with Gasteiger partial charge in [-0.15, -0.1) is 0 Å². The number of benzene rings is 1. The molecule has 0 aromatic heterocycles. The summed E-state index contributed by atoms with van der Waals surface area (Å²) in [5, 5.41) is 0. The van der Waals surface area contributed by atoms with Gasteiger partial charge in [0.2, 0.25) is 0 Å². The fourth-order valence-corrected chi connectivity index (χ4v) is 1.87. The van der Waals surface area contributed by atoms with Gasteiger partial charge in [0.1, 0.15) is 0 Å². The second-order valence-electron chi connectivity index (χ2n) is 4.91. The summed E-state index contributed by atoms with van der Waals surface area (Å²) in [5.74, 6) is -0.438. The third-order valence-electron chi connectivity index (χ3n) is 3.12. The van der Waals surface area contributed by atoms with E-state index >= 15 is 0 Å². The Hall–Kier alpha value is -1.35. The summed E-state index contributed by atoms with van der Waals surface area (Å²) in [5.41, 5.74) is 1.78. The molecule has 0 bridgehead atoms. The number of carbonyl (C=O) groups excluding carboxylic acids is 1. The first-order valence-corrected chi connectivity index (χ1v) is 7.50. The summed E-state index contributed by atoms with van der Waals surface area (Å²) in [4.78, 5) is 21.2. The SMILES string of the molecule is [CH2]CCCOOC(=O)c1ccc(CCCCCC)cc1. The highest BCUT2D eigenvalue weighted by molar-refractivity contribution is 5.88. The Kier molecular flexibility index (Phi) is 8.72. The van der Waals surface area contributed by atoms with Crippen molar-refractivity contribution in [1.29, 1.82) is 0 Å². The highest BCUT2D eigenvalue weighted by Gasteiger charge is 2.07. The highest BCUT2D eigenvalue weighted by atomic mass is 17.2. The predicted octanol–water partition coefficient (Wildman–Crippen LogP) is 4.51. The molecule has 0 atom stereocenters. The van der Waals surface area contributed by atoms with Gasteiger partial charge < -0.3 is 0 Å². The summed E-state index contributed by atoms with van der Waals surface area (Å²) >= 11 is 0. The van der Waals surface area contributed by atoms with Crippen molar-refractivity contribution in [3.8, 4) is 0 Å². The first kappa shape index (κ1) is 16.7. The van der Waals surface area contributed by atoms with Crippen LogP contribution in [0.2, 0.25) is 0 Å². The standard InChI is InChI=1S/C17H25O3/c1-3-5-7-8-9-15-10-12-16(13-11-15)17(18)20-19-14-6-4-2/h10-13H,2-9,14H2,1H3. The van der Waals surface area contributed by atoms with Crippen molar-refractivity contribution in [3.05, 3.63) is 42.3 Å². The molecule has 3 heteroatoms. The Balaban J connectivity index is 2.31. The fraction of sp³-hybridized carbons (Fsp3) is 0.529. The first-order chi connectivity index (χ1) is 9.77. The van der Waals surface area contributed by atoms with E-state index in [0.717, 1.165) is 19.3 Å². The maximum Gasteiger partial charge on any atom is 0.373 e. The molecule has 0 saturated heterocycles. The summed E-state index contributed by atoms with van der Waals surface area (Å²) in [7, 11) is 0. The maximum atomic E-state index is 11.7. The van der Waals surface area contributed by atoms with Crippen molar-refractivity contribution in [3.63, 3.8) is 0 Å². The maximum absolute atomic E-state index is 11.7. The van der Waals surface area contributed by atoms with Crippen LogP contribution in [0.15, 0.2) is 24.3 Å². The molecule has 3 nitrogen and oxygen atoms in total. The van der Waals surface area contributed by atoms with Gasteiger partial charge >= 0.3 is 5.97 Å². The van der Waals surface area contributed by atoms with Gasteiger partial charge in [-0.25, -0.2) is 4.79 Å². The molecule has 1 rings (SSSR count). The van der Waals surface area contributed by atoms with Crippen molar-refractivity contribution in [2.24, 2.45) is 0 Å². The van der Waals surface area contributed by atoms with Crippen LogP contribution in [0.25, 0.3) is 0 Å². The zero-order chi connectivity index (χ0) is 14.6. The Labute approximate surface area is 122 Å². The quantitative estimate of drug-likeness (QED) is 0.358. The minimum Gasteiger partial charge on any atom is -0.293 e. The second-order valence-corrected chi connectivity index (χ2v) is 4.91. The van der Waals surface area contributed by atoms with Gasteiger partial charge in [-0.2, -0.15) is 4.89 Å². The molecule has 0 heterocycles. The molecular weight excluding hydrogens is 252 g/mol. The van der Waals surface area contributed by atoms with Crippen LogP contribution in [0.3, 0.4) is 0 Å². The third-order valence-corrected chi connectivity index (χ3v) is 3.12. The summed E-state index contributed by atoms with van der Waals surface area (Å²) < 4.78 is 0. The molecule has 0 aliphatic carbocycles. The minimum absolute atomic E-state index is 0.394. The fourth-order valence-electron chi connectivity index (χ4n) is 1.87. The lowest BCUT2D eigenvalue weighted by atomic mass is 10.0. The highest BCUT2D eigenvalue weighted by Crippen LogP contribution is 2.10. The zero-order valence-electron chi connectivity index (χ0n) is 12.4. The van der Waals surface area contributed by atoms with Gasteiger partial charge in [-0.1, -0.05) is 51.7 Å². The average molecular weight is 277 g/mol. The summed E-state index contributed by atoms with van der Waals surface area (Å²) in [6, 6.07) is 7.56. The molecule has 0 aliphatic heterocycles. The molecule has 111 valence electrons. The molecule has 1 radical (unpaired) electrons. The first-order valence-electron chi connectivity index (χ1n) is 7.50. The van der Waals surface area contributed by atoms with Crippen LogP contribution in [0.4, 0.5) is 0 Å². The summed E-state index contributed by atoms with van der Waals surface area (Å²) in [6.45, 7) is 6.29. The second kappa shape index (κ2) is 10.4. The molecule has 1 aromatic rings. The largest absolute Gasteiger partial charge is 0.373 e. The molecule has 1 aromatic carbocycles. The van der Waals surface area contributed by atoms with E-state index in [1.165, 1.54) is 31.2 Å². The molecule has 0 spiro atoms. The van der Waals surface area contributed by atoms with E-state index in [1.807, 2.05) is 12.1 Å². The van der Waals surface area contributed by atoms with Gasteiger partial charge in [0.15, 0.2) is 0 Å². The van der Waals surface area contributed by atoms with E-state index in [1.54, 1.807) is 12.1 Å². The van der Waals surface area contributed by atoms with E-state index in [-0.39, 0.29) is 0 Å². The van der Waals surface area contributed by atoms with E-state index in [4.69, 9.17) is 9.78 Å². The van der Waals surface area contributed by atoms with Gasteiger partial charge in [0.25, 0.3) is 0 Å². The van der Waals surface area contributed by atoms with Crippen molar-refractivity contribution in [1.82, 2.24) is 0 Å². The van der Waals surface area contributed by atoms with Crippen molar-refractivity contribution < 1.29 is 14.6 Å². The lowest BCUT2D eigenvalue weighted by Gasteiger charge is -2.05. The predicted molar refractivity (Wildman–Crippen MR) is 80.2 cm³/mol. The minimum atomic E-state index is -0.438. The van der Waals surface area contributed by atoms with Crippen molar-refractivity contribution >= 4 is 5.97 Å². The average Bonchev–Trinajstić information content (AvgIpc) is 2.48. The van der Waals surface area contributed by atoms with Crippen molar-refractivity contribution in [2.45, 2.75) is 51.9 Å². The van der Waals surface area contributed by atoms with Gasteiger partial charge in [0.05, 0.1) is 12.2 Å². The molecule has 0 saturated carbocycles. The lowest BCUT2D eigenvalue weighted by molar-refractivity contribution is -0.241. The van der Waals surface area contributed by atoms with Gasteiger partial charge in [0, 0.05) is 0 Å². The Morgan fingerprint density at radius 2 is 1.85 bits per heavy atom. The van der Waals surface area contributed by atoms with Crippen LogP contribution in [-0.4, -0.2) is 12.6 Å². The van der Waals surface area contributed by atoms with Crippen LogP contribution in [0.1, 0.15) is 61.4 Å². The Bertz CT molecular complexity index is 370. The topological polar surface area (TPSA) is 35.5 Å². The number of unbranched alkanes of at least 4 members (excludes halogenated alkanes) is 4. The van der Waals surface area contributed by atoms with Gasteiger partial charge in [-0.3, -0.25) is 4.89 Å². The van der Waals surface area contributed by atoms with Crippen LogP contribution in [0, 0.1) is 6.92 Å². The smallest absolute Gasteiger partial charge is 0.293 e.